The summed E-state index contributed by atoms with van der Waals surface area (Å²) in [5.41, 5.74) is 11.1. The predicted molar refractivity (Wildman–Crippen MR) is 78.5 cm³/mol. The molecule has 94 valence electrons. The second kappa shape index (κ2) is 5.63. The molecule has 1 atom stereocenters. The Morgan fingerprint density at radius 3 is 2.39 bits per heavy atom. The van der Waals surface area contributed by atoms with E-state index >= 15 is 0 Å². The van der Waals surface area contributed by atoms with E-state index in [9.17, 15) is 0 Å². The van der Waals surface area contributed by atoms with Crippen molar-refractivity contribution in [1.29, 1.82) is 0 Å². The monoisotopic (exact) mass is 304 g/mol. The SMILES string of the molecule is Cc1cccc(C)c1CC(N)c1ccc(Br)cn1. The van der Waals surface area contributed by atoms with E-state index < -0.39 is 0 Å². The van der Waals surface area contributed by atoms with E-state index in [2.05, 4.69) is 53.0 Å². The largest absolute Gasteiger partial charge is 0.322 e. The Bertz CT molecular complexity index is 514. The van der Waals surface area contributed by atoms with Crippen LogP contribution < -0.4 is 5.73 Å². The fraction of sp³-hybridized carbons (Fsp3) is 0.267. The van der Waals surface area contributed by atoms with Crippen LogP contribution in [0.4, 0.5) is 0 Å². The predicted octanol–water partition coefficient (Wildman–Crippen LogP) is 3.70. The molecule has 1 heterocycles. The summed E-state index contributed by atoms with van der Waals surface area (Å²) in [4.78, 5) is 4.36. The number of aryl methyl sites for hydroxylation is 2. The van der Waals surface area contributed by atoms with E-state index in [0.717, 1.165) is 16.6 Å². The minimum Gasteiger partial charge on any atom is -0.322 e. The average molecular weight is 305 g/mol. The van der Waals surface area contributed by atoms with Crippen LogP contribution in [0.5, 0.6) is 0 Å². The van der Waals surface area contributed by atoms with E-state index in [1.165, 1.54) is 16.7 Å². The van der Waals surface area contributed by atoms with Crippen LogP contribution in [0.15, 0.2) is 41.0 Å². The number of pyridine rings is 1. The lowest BCUT2D eigenvalue weighted by Gasteiger charge is -2.15. The normalized spacial score (nSPS) is 12.4. The molecule has 3 heteroatoms. The molecule has 2 N–H and O–H groups in total. The maximum absolute atomic E-state index is 6.24. The van der Waals surface area contributed by atoms with Crippen molar-refractivity contribution in [2.45, 2.75) is 26.3 Å². The summed E-state index contributed by atoms with van der Waals surface area (Å²) in [6, 6.07) is 10.2. The van der Waals surface area contributed by atoms with E-state index in [-0.39, 0.29) is 6.04 Å². The maximum atomic E-state index is 6.24. The van der Waals surface area contributed by atoms with Crippen LogP contribution in [0.2, 0.25) is 0 Å². The van der Waals surface area contributed by atoms with Gasteiger partial charge in [-0.15, -0.1) is 0 Å². The smallest absolute Gasteiger partial charge is 0.0575 e. The second-order valence-corrected chi connectivity index (χ2v) is 5.50. The van der Waals surface area contributed by atoms with Gasteiger partial charge in [0.15, 0.2) is 0 Å². The lowest BCUT2D eigenvalue weighted by molar-refractivity contribution is 0.690. The molecular formula is C15H17BrN2. The van der Waals surface area contributed by atoms with Gasteiger partial charge in [-0.05, 0) is 65.0 Å². The van der Waals surface area contributed by atoms with Gasteiger partial charge in [-0.25, -0.2) is 0 Å². The fourth-order valence-electron chi connectivity index (χ4n) is 2.10. The van der Waals surface area contributed by atoms with E-state index in [1.54, 1.807) is 6.20 Å². The van der Waals surface area contributed by atoms with E-state index in [4.69, 9.17) is 5.73 Å². The average Bonchev–Trinajstić information content (AvgIpc) is 2.34. The van der Waals surface area contributed by atoms with Crippen molar-refractivity contribution < 1.29 is 0 Å². The van der Waals surface area contributed by atoms with Crippen LogP contribution in [0.3, 0.4) is 0 Å². The van der Waals surface area contributed by atoms with Gasteiger partial charge in [0.05, 0.1) is 11.7 Å². The first kappa shape index (κ1) is 13.2. The number of hydrogen-bond donors (Lipinski definition) is 1. The molecule has 2 rings (SSSR count). The quantitative estimate of drug-likeness (QED) is 0.939. The first-order valence-corrected chi connectivity index (χ1v) is 6.79. The zero-order chi connectivity index (χ0) is 13.1. The maximum Gasteiger partial charge on any atom is 0.0575 e. The van der Waals surface area contributed by atoms with Crippen LogP contribution in [-0.2, 0) is 6.42 Å². The highest BCUT2D eigenvalue weighted by molar-refractivity contribution is 9.10. The first-order chi connectivity index (χ1) is 8.58. The third-order valence-electron chi connectivity index (χ3n) is 3.20. The van der Waals surface area contributed by atoms with Crippen molar-refractivity contribution >= 4 is 15.9 Å². The van der Waals surface area contributed by atoms with Gasteiger partial charge in [0.25, 0.3) is 0 Å². The van der Waals surface area contributed by atoms with Crippen LogP contribution in [0, 0.1) is 13.8 Å². The molecule has 0 aliphatic rings. The fourth-order valence-corrected chi connectivity index (χ4v) is 2.34. The van der Waals surface area contributed by atoms with Gasteiger partial charge in [-0.3, -0.25) is 4.98 Å². The molecule has 0 amide bonds. The molecule has 1 aromatic heterocycles. The molecule has 0 aliphatic heterocycles. The van der Waals surface area contributed by atoms with Crippen molar-refractivity contribution in [2.75, 3.05) is 0 Å². The van der Waals surface area contributed by atoms with Gasteiger partial charge in [-0.2, -0.15) is 0 Å². The molecule has 0 bridgehead atoms. The van der Waals surface area contributed by atoms with E-state index in [1.807, 2.05) is 12.1 Å². The second-order valence-electron chi connectivity index (χ2n) is 4.58. The summed E-state index contributed by atoms with van der Waals surface area (Å²) in [5, 5.41) is 0. The Morgan fingerprint density at radius 2 is 1.83 bits per heavy atom. The Balaban J connectivity index is 2.21. The van der Waals surface area contributed by atoms with Crippen molar-refractivity contribution in [3.05, 3.63) is 63.4 Å². The lowest BCUT2D eigenvalue weighted by atomic mass is 9.95. The van der Waals surface area contributed by atoms with Gasteiger partial charge < -0.3 is 5.73 Å². The van der Waals surface area contributed by atoms with Crippen molar-refractivity contribution in [3.8, 4) is 0 Å². The summed E-state index contributed by atoms with van der Waals surface area (Å²) in [6.45, 7) is 4.26. The molecule has 0 radical (unpaired) electrons. The molecule has 0 aliphatic carbocycles. The van der Waals surface area contributed by atoms with Crippen molar-refractivity contribution in [1.82, 2.24) is 4.98 Å². The minimum absolute atomic E-state index is 0.0575. The Morgan fingerprint density at radius 1 is 1.17 bits per heavy atom. The minimum atomic E-state index is -0.0575. The summed E-state index contributed by atoms with van der Waals surface area (Å²) in [7, 11) is 0. The van der Waals surface area contributed by atoms with Gasteiger partial charge in [0, 0.05) is 10.7 Å². The summed E-state index contributed by atoms with van der Waals surface area (Å²) < 4.78 is 0.977. The number of rotatable bonds is 3. The lowest BCUT2D eigenvalue weighted by Crippen LogP contribution is -2.16. The molecule has 0 saturated heterocycles. The Hall–Kier alpha value is -1.19. The number of nitrogens with two attached hydrogens (primary N) is 1. The molecule has 2 nitrogen and oxygen atoms in total. The third kappa shape index (κ3) is 2.98. The summed E-state index contributed by atoms with van der Waals surface area (Å²) >= 11 is 3.38. The molecular weight excluding hydrogens is 288 g/mol. The topological polar surface area (TPSA) is 38.9 Å². The molecule has 1 unspecified atom stereocenters. The van der Waals surface area contributed by atoms with Crippen LogP contribution in [0.25, 0.3) is 0 Å². The van der Waals surface area contributed by atoms with Gasteiger partial charge in [0.2, 0.25) is 0 Å². The Labute approximate surface area is 116 Å². The number of nitrogens with zero attached hydrogens (tertiary/aromatic N) is 1. The number of benzene rings is 1. The third-order valence-corrected chi connectivity index (χ3v) is 3.67. The number of hydrogen-bond acceptors (Lipinski definition) is 2. The number of halogens is 1. The summed E-state index contributed by atoms with van der Waals surface area (Å²) in [5.74, 6) is 0. The van der Waals surface area contributed by atoms with Crippen LogP contribution >= 0.6 is 15.9 Å². The van der Waals surface area contributed by atoms with Crippen LogP contribution in [0.1, 0.15) is 28.4 Å². The van der Waals surface area contributed by atoms with Gasteiger partial charge in [-0.1, -0.05) is 18.2 Å². The van der Waals surface area contributed by atoms with Crippen LogP contribution in [-0.4, -0.2) is 4.98 Å². The molecule has 1 aromatic carbocycles. The zero-order valence-electron chi connectivity index (χ0n) is 10.7. The molecule has 0 fully saturated rings. The van der Waals surface area contributed by atoms with Gasteiger partial charge in [0.1, 0.15) is 0 Å². The molecule has 0 spiro atoms. The number of aromatic nitrogens is 1. The highest BCUT2D eigenvalue weighted by atomic mass is 79.9. The Kier molecular flexibility index (Phi) is 4.15. The molecule has 18 heavy (non-hydrogen) atoms. The van der Waals surface area contributed by atoms with E-state index in [0.29, 0.717) is 0 Å². The highest BCUT2D eigenvalue weighted by Gasteiger charge is 2.11. The zero-order valence-corrected chi connectivity index (χ0v) is 12.2. The standard InChI is InChI=1S/C15H17BrN2/c1-10-4-3-5-11(2)13(10)8-14(17)15-7-6-12(16)9-18-15/h3-7,9,14H,8,17H2,1-2H3. The van der Waals surface area contributed by atoms with Gasteiger partial charge >= 0.3 is 0 Å². The molecule has 0 saturated carbocycles. The molecule has 2 aromatic rings. The van der Waals surface area contributed by atoms with Crippen molar-refractivity contribution in [3.63, 3.8) is 0 Å². The van der Waals surface area contributed by atoms with Crippen molar-refractivity contribution in [2.24, 2.45) is 5.73 Å². The highest BCUT2D eigenvalue weighted by Crippen LogP contribution is 2.21. The summed E-state index contributed by atoms with van der Waals surface area (Å²) in [6.07, 6.45) is 2.62. The first-order valence-electron chi connectivity index (χ1n) is 6.00.